The van der Waals surface area contributed by atoms with E-state index in [1.54, 1.807) is 45.0 Å². The lowest BCUT2D eigenvalue weighted by atomic mass is 9.96. The van der Waals surface area contributed by atoms with Crippen LogP contribution in [0.2, 0.25) is 0 Å². The zero-order chi connectivity index (χ0) is 37.7. The fraction of sp³-hybridized carbons (Fsp3) is 0.268. The van der Waals surface area contributed by atoms with Gasteiger partial charge in [0, 0.05) is 5.41 Å². The summed E-state index contributed by atoms with van der Waals surface area (Å²) in [6.07, 6.45) is 0.250. The molecule has 52 heavy (non-hydrogen) atoms. The summed E-state index contributed by atoms with van der Waals surface area (Å²) >= 11 is 0. The van der Waals surface area contributed by atoms with Crippen molar-refractivity contribution in [2.24, 2.45) is 11.3 Å². The zero-order valence-corrected chi connectivity index (χ0v) is 29.4. The Morgan fingerprint density at radius 3 is 1.52 bits per heavy atom. The predicted octanol–water partition coefficient (Wildman–Crippen LogP) is 7.51. The van der Waals surface area contributed by atoms with Crippen LogP contribution in [0.1, 0.15) is 73.2 Å². The highest BCUT2D eigenvalue weighted by molar-refractivity contribution is 5.93. The molecule has 11 heteroatoms. The molecule has 0 aromatic heterocycles. The number of nitriles is 1. The number of esters is 5. The maximum atomic E-state index is 12.7. The quantitative estimate of drug-likeness (QED) is 0.0891. The van der Waals surface area contributed by atoms with Crippen LogP contribution in [0, 0.1) is 22.7 Å². The minimum Gasteiger partial charge on any atom is -0.465 e. The maximum Gasteiger partial charge on any atom is 0.343 e. The molecule has 11 nitrogen and oxygen atoms in total. The van der Waals surface area contributed by atoms with E-state index in [1.807, 2.05) is 31.2 Å². The van der Waals surface area contributed by atoms with Gasteiger partial charge in [-0.05, 0) is 90.3 Å². The summed E-state index contributed by atoms with van der Waals surface area (Å²) in [5.74, 6) is -2.30. The smallest absolute Gasteiger partial charge is 0.343 e. The van der Waals surface area contributed by atoms with Crippen molar-refractivity contribution in [2.75, 3.05) is 13.2 Å². The third-order valence-corrected chi connectivity index (χ3v) is 7.81. The summed E-state index contributed by atoms with van der Waals surface area (Å²) in [6.45, 7) is 7.39. The standard InChI is InChI=1S/C41H39NO10/c1-5-27(2)38(45)49-26-41(3,4)25-48-36(43)22-23-37(44)50-33-18-12-31(13-19-33)39(46)52-35-20-14-32(15-21-35)40(47)51-34-16-10-30(11-17-34)29-8-6-28(24-42)7-9-29/h6-21,27H,5,22-23,25-26H2,1-4H3. The SMILES string of the molecule is CCC(C)C(=O)OCC(C)(C)COC(=O)CCC(=O)Oc1ccc(C(=O)Oc2ccc(C(=O)Oc3ccc(-c4ccc(C#N)cc4)cc3)cc2)cc1. The van der Waals surface area contributed by atoms with E-state index < -0.39 is 29.3 Å². The van der Waals surface area contributed by atoms with Crippen LogP contribution in [-0.4, -0.2) is 43.1 Å². The highest BCUT2D eigenvalue weighted by Gasteiger charge is 2.24. The van der Waals surface area contributed by atoms with E-state index in [1.165, 1.54) is 48.5 Å². The van der Waals surface area contributed by atoms with Crippen molar-refractivity contribution < 1.29 is 47.7 Å². The minimum absolute atomic E-state index is 0.0154. The second-order valence-corrected chi connectivity index (χ2v) is 12.8. The van der Waals surface area contributed by atoms with Gasteiger partial charge in [-0.1, -0.05) is 52.0 Å². The Bertz CT molecular complexity index is 1910. The largest absolute Gasteiger partial charge is 0.465 e. The first-order chi connectivity index (χ1) is 24.8. The van der Waals surface area contributed by atoms with Crippen LogP contribution < -0.4 is 14.2 Å². The lowest BCUT2D eigenvalue weighted by Gasteiger charge is -2.24. The highest BCUT2D eigenvalue weighted by atomic mass is 16.6. The van der Waals surface area contributed by atoms with Crippen LogP contribution in [0.4, 0.5) is 0 Å². The summed E-state index contributed by atoms with van der Waals surface area (Å²) < 4.78 is 26.7. The van der Waals surface area contributed by atoms with E-state index in [-0.39, 0.29) is 60.6 Å². The van der Waals surface area contributed by atoms with E-state index in [4.69, 9.17) is 28.9 Å². The van der Waals surface area contributed by atoms with E-state index in [2.05, 4.69) is 6.07 Å². The summed E-state index contributed by atoms with van der Waals surface area (Å²) in [5, 5.41) is 8.97. The van der Waals surface area contributed by atoms with E-state index in [0.717, 1.165) is 11.1 Å². The number of carbonyl (C=O) groups is 5. The van der Waals surface area contributed by atoms with Gasteiger partial charge >= 0.3 is 29.8 Å². The van der Waals surface area contributed by atoms with Crippen molar-refractivity contribution in [1.29, 1.82) is 5.26 Å². The molecule has 4 rings (SSSR count). The van der Waals surface area contributed by atoms with Crippen LogP contribution in [0.15, 0.2) is 97.1 Å². The molecule has 4 aromatic rings. The van der Waals surface area contributed by atoms with Crippen LogP contribution in [-0.2, 0) is 23.9 Å². The van der Waals surface area contributed by atoms with Gasteiger partial charge in [-0.3, -0.25) is 14.4 Å². The molecule has 1 atom stereocenters. The van der Waals surface area contributed by atoms with Crippen molar-refractivity contribution in [3.8, 4) is 34.4 Å². The van der Waals surface area contributed by atoms with Crippen molar-refractivity contribution in [3.05, 3.63) is 114 Å². The highest BCUT2D eigenvalue weighted by Crippen LogP contribution is 2.24. The molecule has 0 spiro atoms. The molecule has 268 valence electrons. The Labute approximate surface area is 302 Å². The molecular weight excluding hydrogens is 666 g/mol. The molecular formula is C41H39NO10. The van der Waals surface area contributed by atoms with Crippen molar-refractivity contribution >= 4 is 29.8 Å². The normalized spacial score (nSPS) is 11.4. The zero-order valence-electron chi connectivity index (χ0n) is 29.4. The lowest BCUT2D eigenvalue weighted by molar-refractivity contribution is -0.156. The van der Waals surface area contributed by atoms with Gasteiger partial charge in [0.05, 0.1) is 54.7 Å². The van der Waals surface area contributed by atoms with Crippen molar-refractivity contribution in [1.82, 2.24) is 0 Å². The number of rotatable bonds is 15. The van der Waals surface area contributed by atoms with Crippen molar-refractivity contribution in [3.63, 3.8) is 0 Å². The third-order valence-electron chi connectivity index (χ3n) is 7.81. The first kappa shape index (κ1) is 38.5. The molecule has 0 saturated heterocycles. The number of hydrogen-bond acceptors (Lipinski definition) is 11. The Kier molecular flexibility index (Phi) is 13.4. The van der Waals surface area contributed by atoms with Gasteiger partial charge in [-0.2, -0.15) is 5.26 Å². The molecule has 0 aliphatic rings. The van der Waals surface area contributed by atoms with Crippen molar-refractivity contribution in [2.45, 2.75) is 47.0 Å². The fourth-order valence-corrected chi connectivity index (χ4v) is 4.45. The monoisotopic (exact) mass is 705 g/mol. The molecule has 0 bridgehead atoms. The topological polar surface area (TPSA) is 155 Å². The van der Waals surface area contributed by atoms with Gasteiger partial charge in [0.15, 0.2) is 0 Å². The van der Waals surface area contributed by atoms with E-state index in [9.17, 15) is 24.0 Å². The summed E-state index contributed by atoms with van der Waals surface area (Å²) in [5.41, 5.74) is 2.23. The van der Waals surface area contributed by atoms with Gasteiger partial charge in [0.2, 0.25) is 0 Å². The molecule has 1 unspecified atom stereocenters. The number of hydrogen-bond donors (Lipinski definition) is 0. The molecule has 0 saturated carbocycles. The molecule has 0 amide bonds. The first-order valence-electron chi connectivity index (χ1n) is 16.6. The Morgan fingerprint density at radius 2 is 1.04 bits per heavy atom. The number of ether oxygens (including phenoxy) is 5. The van der Waals surface area contributed by atoms with Crippen LogP contribution in [0.3, 0.4) is 0 Å². The summed E-state index contributed by atoms with van der Waals surface area (Å²) in [6, 6.07) is 27.8. The Balaban J connectivity index is 1.18. The third kappa shape index (κ3) is 11.7. The molecule has 0 radical (unpaired) electrons. The molecule has 0 heterocycles. The molecule has 0 aliphatic heterocycles. The maximum absolute atomic E-state index is 12.7. The second kappa shape index (κ2) is 18.1. The van der Waals surface area contributed by atoms with Gasteiger partial charge < -0.3 is 23.7 Å². The average Bonchev–Trinajstić information content (AvgIpc) is 3.16. The van der Waals surface area contributed by atoms with Gasteiger partial charge in [-0.25, -0.2) is 9.59 Å². The lowest BCUT2D eigenvalue weighted by Crippen LogP contribution is -2.30. The van der Waals surface area contributed by atoms with E-state index >= 15 is 0 Å². The molecule has 0 aliphatic carbocycles. The number of carbonyl (C=O) groups excluding carboxylic acids is 5. The molecule has 0 fully saturated rings. The van der Waals surface area contributed by atoms with Crippen LogP contribution >= 0.6 is 0 Å². The Morgan fingerprint density at radius 1 is 0.615 bits per heavy atom. The Hall–Kier alpha value is -6.28. The average molecular weight is 706 g/mol. The van der Waals surface area contributed by atoms with E-state index in [0.29, 0.717) is 17.7 Å². The minimum atomic E-state index is -0.670. The second-order valence-electron chi connectivity index (χ2n) is 12.8. The summed E-state index contributed by atoms with van der Waals surface area (Å²) in [7, 11) is 0. The van der Waals surface area contributed by atoms with Crippen LogP contribution in [0.5, 0.6) is 17.2 Å². The molecule has 4 aromatic carbocycles. The predicted molar refractivity (Wildman–Crippen MR) is 189 cm³/mol. The first-order valence-corrected chi connectivity index (χ1v) is 16.6. The number of nitrogens with zero attached hydrogens (tertiary/aromatic N) is 1. The molecule has 0 N–H and O–H groups in total. The van der Waals surface area contributed by atoms with Gasteiger partial charge in [0.25, 0.3) is 0 Å². The van der Waals surface area contributed by atoms with Crippen LogP contribution in [0.25, 0.3) is 11.1 Å². The fourth-order valence-electron chi connectivity index (χ4n) is 4.45. The van der Waals surface area contributed by atoms with Gasteiger partial charge in [0.1, 0.15) is 17.2 Å². The van der Waals surface area contributed by atoms with Gasteiger partial charge in [-0.15, -0.1) is 0 Å². The number of benzene rings is 4. The summed E-state index contributed by atoms with van der Waals surface area (Å²) in [4.78, 5) is 61.7.